The summed E-state index contributed by atoms with van der Waals surface area (Å²) in [4.78, 5) is 12.6. The second kappa shape index (κ2) is 5.47. The number of anilines is 3. The highest BCUT2D eigenvalue weighted by molar-refractivity contribution is 5.65. The van der Waals surface area contributed by atoms with Gasteiger partial charge >= 0.3 is 0 Å². The Morgan fingerprint density at radius 2 is 2.14 bits per heavy atom. The van der Waals surface area contributed by atoms with E-state index in [0.29, 0.717) is 11.6 Å². The summed E-state index contributed by atoms with van der Waals surface area (Å²) in [6.07, 6.45) is 6.01. The van der Waals surface area contributed by atoms with Gasteiger partial charge in [-0.2, -0.15) is 0 Å². The van der Waals surface area contributed by atoms with E-state index in [2.05, 4.69) is 32.5 Å². The van der Waals surface area contributed by atoms with Crippen LogP contribution in [0.15, 0.2) is 42.7 Å². The lowest BCUT2D eigenvalue weighted by Gasteiger charge is -2.09. The van der Waals surface area contributed by atoms with Gasteiger partial charge in [-0.25, -0.2) is 15.0 Å². The summed E-state index contributed by atoms with van der Waals surface area (Å²) in [5, 5.41) is 3.18. The van der Waals surface area contributed by atoms with Crippen molar-refractivity contribution in [1.29, 1.82) is 0 Å². The molecule has 3 aromatic rings. The van der Waals surface area contributed by atoms with Gasteiger partial charge in [0, 0.05) is 41.6 Å². The molecule has 3 N–H and O–H groups in total. The van der Waals surface area contributed by atoms with E-state index < -0.39 is 0 Å². The van der Waals surface area contributed by atoms with Gasteiger partial charge in [0.05, 0.1) is 5.69 Å². The molecular formula is C16H13N5. The molecule has 5 nitrogen and oxygen atoms in total. The second-order valence-corrected chi connectivity index (χ2v) is 4.58. The Bertz CT molecular complexity index is 756. The van der Waals surface area contributed by atoms with Crippen molar-refractivity contribution < 1.29 is 0 Å². The summed E-state index contributed by atoms with van der Waals surface area (Å²) in [6, 6.07) is 12.1. The van der Waals surface area contributed by atoms with Crippen molar-refractivity contribution in [1.82, 2.24) is 15.0 Å². The van der Waals surface area contributed by atoms with Gasteiger partial charge in [0.2, 0.25) is 5.95 Å². The Morgan fingerprint density at radius 1 is 1.24 bits per heavy atom. The third-order valence-corrected chi connectivity index (χ3v) is 3.02. The summed E-state index contributed by atoms with van der Waals surface area (Å²) < 4.78 is 0. The van der Waals surface area contributed by atoms with Gasteiger partial charge in [-0.1, -0.05) is 6.07 Å². The maximum atomic E-state index is 5.81. The predicted molar refractivity (Wildman–Crippen MR) is 81.8 cm³/mol. The first-order valence-corrected chi connectivity index (χ1v) is 6.43. The Hall–Kier alpha value is -3.13. The zero-order valence-electron chi connectivity index (χ0n) is 11.5. The van der Waals surface area contributed by atoms with Crippen LogP contribution in [0, 0.1) is 19.2 Å². The minimum atomic E-state index is 0.508. The zero-order chi connectivity index (χ0) is 14.7. The van der Waals surface area contributed by atoms with Gasteiger partial charge in [-0.3, -0.25) is 0 Å². The second-order valence-electron chi connectivity index (χ2n) is 4.58. The summed E-state index contributed by atoms with van der Waals surface area (Å²) in [7, 11) is 0. The van der Waals surface area contributed by atoms with Gasteiger partial charge in [-0.05, 0) is 36.8 Å². The van der Waals surface area contributed by atoms with Gasteiger partial charge < -0.3 is 11.1 Å². The molecule has 102 valence electrons. The lowest BCUT2D eigenvalue weighted by Crippen LogP contribution is -2.00. The molecular weight excluding hydrogens is 262 g/mol. The molecule has 0 atom stereocenters. The van der Waals surface area contributed by atoms with Crippen LogP contribution in [0.1, 0.15) is 5.56 Å². The van der Waals surface area contributed by atoms with Crippen molar-refractivity contribution in [2.45, 2.75) is 6.92 Å². The van der Waals surface area contributed by atoms with Crippen LogP contribution in [0.3, 0.4) is 0 Å². The van der Waals surface area contributed by atoms with E-state index in [-0.39, 0.29) is 0 Å². The van der Waals surface area contributed by atoms with Crippen LogP contribution in [-0.4, -0.2) is 15.0 Å². The van der Waals surface area contributed by atoms with E-state index in [9.17, 15) is 0 Å². The van der Waals surface area contributed by atoms with Crippen LogP contribution in [0.25, 0.3) is 11.3 Å². The molecule has 0 aliphatic carbocycles. The van der Waals surface area contributed by atoms with Gasteiger partial charge in [0.25, 0.3) is 0 Å². The number of aromatic nitrogens is 3. The molecule has 0 saturated heterocycles. The van der Waals surface area contributed by atoms with Gasteiger partial charge in [0.1, 0.15) is 0 Å². The Kier molecular flexibility index (Phi) is 3.36. The van der Waals surface area contributed by atoms with Gasteiger partial charge in [0.15, 0.2) is 0 Å². The first-order valence-electron chi connectivity index (χ1n) is 6.43. The van der Waals surface area contributed by atoms with Gasteiger partial charge in [-0.15, -0.1) is 0 Å². The summed E-state index contributed by atoms with van der Waals surface area (Å²) >= 11 is 0. The van der Waals surface area contributed by atoms with Crippen LogP contribution in [0.2, 0.25) is 0 Å². The number of benzene rings is 1. The average molecular weight is 275 g/mol. The molecule has 0 fully saturated rings. The number of hydrogen-bond acceptors (Lipinski definition) is 5. The molecule has 0 aliphatic heterocycles. The minimum absolute atomic E-state index is 0.508. The fraction of sp³-hybridized carbons (Fsp3) is 0.0625. The van der Waals surface area contributed by atoms with Crippen LogP contribution in [-0.2, 0) is 0 Å². The third kappa shape index (κ3) is 2.90. The maximum absolute atomic E-state index is 5.81. The van der Waals surface area contributed by atoms with E-state index in [4.69, 9.17) is 5.73 Å². The van der Waals surface area contributed by atoms with Crippen molar-refractivity contribution in [3.05, 3.63) is 60.6 Å². The van der Waals surface area contributed by atoms with E-state index in [1.54, 1.807) is 18.5 Å². The lowest BCUT2D eigenvalue weighted by atomic mass is 10.2. The summed E-state index contributed by atoms with van der Waals surface area (Å²) in [5.41, 5.74) is 10.1. The van der Waals surface area contributed by atoms with E-state index in [1.807, 2.05) is 31.2 Å². The van der Waals surface area contributed by atoms with Crippen LogP contribution in [0.4, 0.5) is 17.3 Å². The lowest BCUT2D eigenvalue weighted by molar-refractivity contribution is 1.16. The van der Waals surface area contributed by atoms with Crippen LogP contribution >= 0.6 is 0 Å². The highest BCUT2D eigenvalue weighted by Gasteiger charge is 2.04. The molecule has 0 saturated carbocycles. The Labute approximate surface area is 122 Å². The number of nitrogen functional groups attached to an aromatic ring is 1. The molecule has 5 heteroatoms. The van der Waals surface area contributed by atoms with E-state index in [0.717, 1.165) is 22.5 Å². The number of nitrogens with one attached hydrogen (secondary N) is 1. The minimum Gasteiger partial charge on any atom is -0.399 e. The Morgan fingerprint density at radius 3 is 2.95 bits per heavy atom. The SMILES string of the molecule is Cc1ccc(N)cc1Nc1nccc(-c2cc#cnc2)n1. The fourth-order valence-corrected chi connectivity index (χ4v) is 1.90. The molecule has 0 amide bonds. The smallest absolute Gasteiger partial charge is 0.227 e. The molecule has 0 unspecified atom stereocenters. The zero-order valence-corrected chi connectivity index (χ0v) is 11.5. The molecule has 0 aliphatic rings. The first-order chi connectivity index (χ1) is 10.2. The highest BCUT2D eigenvalue weighted by Crippen LogP contribution is 2.22. The first kappa shape index (κ1) is 12.9. The predicted octanol–water partition coefficient (Wildman–Crippen LogP) is 2.77. The largest absolute Gasteiger partial charge is 0.399 e. The average Bonchev–Trinajstić information content (AvgIpc) is 2.52. The van der Waals surface area contributed by atoms with Crippen molar-refractivity contribution >= 4 is 17.3 Å². The summed E-state index contributed by atoms with van der Waals surface area (Å²) in [6.45, 7) is 2.00. The fourth-order valence-electron chi connectivity index (χ4n) is 1.90. The molecule has 1 aromatic carbocycles. The van der Waals surface area contributed by atoms with Crippen LogP contribution < -0.4 is 11.1 Å². The monoisotopic (exact) mass is 275 g/mol. The van der Waals surface area contributed by atoms with Crippen molar-refractivity contribution in [3.8, 4) is 11.3 Å². The van der Waals surface area contributed by atoms with Crippen molar-refractivity contribution in [2.24, 2.45) is 0 Å². The third-order valence-electron chi connectivity index (χ3n) is 3.02. The van der Waals surface area contributed by atoms with Crippen molar-refractivity contribution in [3.63, 3.8) is 0 Å². The number of nitrogens with zero attached hydrogens (tertiary/aromatic N) is 3. The van der Waals surface area contributed by atoms with E-state index in [1.165, 1.54) is 0 Å². The summed E-state index contributed by atoms with van der Waals surface area (Å²) in [5.74, 6) is 0.508. The number of nitrogens with two attached hydrogens (primary N) is 1. The Balaban J connectivity index is 1.92. The standard InChI is InChI=1S/C16H13N5/c1-11-4-5-13(17)9-15(11)21-16-19-8-6-14(20-16)12-3-2-7-18-10-12/h3-6,8-10H,17H2,1H3,(H,19,20,21). The van der Waals surface area contributed by atoms with E-state index >= 15 is 0 Å². The maximum Gasteiger partial charge on any atom is 0.227 e. The number of hydrogen-bond donors (Lipinski definition) is 2. The molecule has 3 rings (SSSR count). The highest BCUT2D eigenvalue weighted by atomic mass is 15.1. The van der Waals surface area contributed by atoms with Crippen molar-refractivity contribution in [2.75, 3.05) is 11.1 Å². The molecule has 0 spiro atoms. The number of rotatable bonds is 3. The molecule has 2 heterocycles. The quantitative estimate of drug-likeness (QED) is 0.719. The molecule has 21 heavy (non-hydrogen) atoms. The van der Waals surface area contributed by atoms with Crippen LogP contribution in [0.5, 0.6) is 0 Å². The molecule has 2 aromatic heterocycles. The molecule has 0 bridgehead atoms. The topological polar surface area (TPSA) is 76.7 Å². The normalized spacial score (nSPS) is 9.95. The molecule has 0 radical (unpaired) electrons. The number of aryl methyl sites for hydroxylation is 1.